The van der Waals surface area contributed by atoms with Crippen LogP contribution in [0.15, 0.2) is 0 Å². The molecule has 0 fully saturated rings. The molecule has 2 aliphatic heterocycles. The number of fused-ring (bicyclic) bond motifs is 2. The van der Waals surface area contributed by atoms with Gasteiger partial charge in [0.1, 0.15) is 0 Å². The van der Waals surface area contributed by atoms with Crippen LogP contribution in [0.5, 0.6) is 17.2 Å². The first-order valence-corrected chi connectivity index (χ1v) is 8.46. The van der Waals surface area contributed by atoms with Gasteiger partial charge in [-0.1, -0.05) is 13.8 Å². The first-order chi connectivity index (χ1) is 11.5. The molecule has 1 N–H and O–H groups in total. The van der Waals surface area contributed by atoms with E-state index in [1.54, 1.807) is 7.11 Å². The van der Waals surface area contributed by atoms with Crippen LogP contribution in [0, 0.1) is 5.92 Å². The largest absolute Gasteiger partial charge is 0.492 e. The van der Waals surface area contributed by atoms with Crippen molar-refractivity contribution in [3.8, 4) is 17.2 Å². The van der Waals surface area contributed by atoms with Crippen LogP contribution in [0.4, 0.5) is 0 Å². The van der Waals surface area contributed by atoms with Gasteiger partial charge in [-0.15, -0.1) is 0 Å². The Morgan fingerprint density at radius 3 is 2.75 bits per heavy atom. The van der Waals surface area contributed by atoms with E-state index >= 15 is 0 Å². The summed E-state index contributed by atoms with van der Waals surface area (Å²) in [5.41, 5.74) is 3.39. The zero-order valence-electron chi connectivity index (χ0n) is 14.9. The predicted octanol–water partition coefficient (Wildman–Crippen LogP) is 2.07. The molecule has 3 rings (SSSR count). The number of nitrogens with one attached hydrogen (secondary N) is 1. The molecular weight excluding hydrogens is 308 g/mol. The van der Waals surface area contributed by atoms with Crippen LogP contribution in [-0.2, 0) is 24.3 Å². The van der Waals surface area contributed by atoms with Crippen molar-refractivity contribution < 1.29 is 19.0 Å². The smallest absolute Gasteiger partial charge is 0.231 e. The highest BCUT2D eigenvalue weighted by atomic mass is 16.7. The van der Waals surface area contributed by atoms with E-state index in [0.29, 0.717) is 24.6 Å². The monoisotopic (exact) mass is 334 g/mol. The second-order valence-electron chi connectivity index (χ2n) is 6.90. The van der Waals surface area contributed by atoms with Crippen molar-refractivity contribution in [2.24, 2.45) is 5.92 Å². The molecule has 1 aromatic carbocycles. The van der Waals surface area contributed by atoms with Crippen LogP contribution in [0.1, 0.15) is 37.0 Å². The Bertz CT molecular complexity index is 643. The predicted molar refractivity (Wildman–Crippen MR) is 90.5 cm³/mol. The van der Waals surface area contributed by atoms with Gasteiger partial charge in [0.25, 0.3) is 0 Å². The normalized spacial score (nSPS) is 16.2. The van der Waals surface area contributed by atoms with Crippen molar-refractivity contribution in [1.29, 1.82) is 0 Å². The highest BCUT2D eigenvalue weighted by Crippen LogP contribution is 2.49. The molecule has 2 aliphatic rings. The number of hydrogen-bond acceptors (Lipinski definition) is 5. The molecule has 0 aromatic heterocycles. The van der Waals surface area contributed by atoms with Gasteiger partial charge < -0.3 is 24.4 Å². The van der Waals surface area contributed by atoms with E-state index in [-0.39, 0.29) is 12.7 Å². The van der Waals surface area contributed by atoms with Gasteiger partial charge in [-0.2, -0.15) is 0 Å². The van der Waals surface area contributed by atoms with Gasteiger partial charge in [0.15, 0.2) is 11.5 Å². The van der Waals surface area contributed by atoms with Crippen molar-refractivity contribution in [3.05, 3.63) is 16.7 Å². The van der Waals surface area contributed by atoms with Gasteiger partial charge >= 0.3 is 0 Å². The van der Waals surface area contributed by atoms with Crippen molar-refractivity contribution in [3.63, 3.8) is 0 Å². The summed E-state index contributed by atoms with van der Waals surface area (Å²) in [6.07, 6.45) is 1.44. The average molecular weight is 334 g/mol. The highest BCUT2D eigenvalue weighted by Gasteiger charge is 2.32. The number of benzene rings is 1. The number of carbonyl (C=O) groups excluding carboxylic acids is 1. The highest BCUT2D eigenvalue weighted by molar-refractivity contribution is 5.76. The number of carbonyl (C=O) groups is 1. The van der Waals surface area contributed by atoms with E-state index in [2.05, 4.69) is 17.3 Å². The molecular formula is C18H26N2O4. The molecule has 1 amide bonds. The number of hydrogen-bond donors (Lipinski definition) is 1. The van der Waals surface area contributed by atoms with Crippen LogP contribution in [0.3, 0.4) is 0 Å². The van der Waals surface area contributed by atoms with Crippen LogP contribution in [0.2, 0.25) is 0 Å². The molecule has 0 radical (unpaired) electrons. The quantitative estimate of drug-likeness (QED) is 0.893. The second-order valence-corrected chi connectivity index (χ2v) is 6.90. The molecule has 132 valence electrons. The Kier molecular flexibility index (Phi) is 4.85. The van der Waals surface area contributed by atoms with Crippen molar-refractivity contribution >= 4 is 5.91 Å². The van der Waals surface area contributed by atoms with E-state index in [4.69, 9.17) is 14.2 Å². The maximum absolute atomic E-state index is 12.1. The topological polar surface area (TPSA) is 60.0 Å². The maximum atomic E-state index is 12.1. The number of amides is 1. The standard InChI is InChI=1S/C18H26N2O4/c1-11(2)7-15(21)19-8-13-12-5-6-20(3)9-14(12)16(22-4)18-17(13)23-10-24-18/h11H,5-10H2,1-4H3,(H,19,21). The average Bonchev–Trinajstić information content (AvgIpc) is 2.99. The van der Waals surface area contributed by atoms with E-state index < -0.39 is 0 Å². The molecule has 6 nitrogen and oxygen atoms in total. The van der Waals surface area contributed by atoms with Gasteiger partial charge in [0, 0.05) is 37.2 Å². The summed E-state index contributed by atoms with van der Waals surface area (Å²) in [5.74, 6) is 2.56. The molecule has 0 saturated heterocycles. The third kappa shape index (κ3) is 3.15. The third-order valence-corrected chi connectivity index (χ3v) is 4.53. The lowest BCUT2D eigenvalue weighted by atomic mass is 9.92. The van der Waals surface area contributed by atoms with E-state index in [9.17, 15) is 4.79 Å². The molecule has 0 bridgehead atoms. The first-order valence-electron chi connectivity index (χ1n) is 8.46. The Balaban J connectivity index is 1.95. The molecule has 0 aliphatic carbocycles. The summed E-state index contributed by atoms with van der Waals surface area (Å²) in [6.45, 7) is 6.52. The summed E-state index contributed by atoms with van der Waals surface area (Å²) in [6, 6.07) is 0. The van der Waals surface area contributed by atoms with Gasteiger partial charge in [-0.25, -0.2) is 0 Å². The van der Waals surface area contributed by atoms with Gasteiger partial charge in [0.05, 0.1) is 7.11 Å². The first kappa shape index (κ1) is 16.9. The number of likely N-dealkylation sites (N-methyl/N-ethyl adjacent to an activating group) is 1. The lowest BCUT2D eigenvalue weighted by Crippen LogP contribution is -2.30. The van der Waals surface area contributed by atoms with Gasteiger partial charge in [-0.05, 0) is 24.9 Å². The van der Waals surface area contributed by atoms with Crippen LogP contribution < -0.4 is 19.5 Å². The third-order valence-electron chi connectivity index (χ3n) is 4.53. The van der Waals surface area contributed by atoms with Crippen molar-refractivity contribution in [2.45, 2.75) is 39.8 Å². The minimum Gasteiger partial charge on any atom is -0.492 e. The number of rotatable bonds is 5. The molecule has 0 spiro atoms. The Morgan fingerprint density at radius 2 is 2.04 bits per heavy atom. The van der Waals surface area contributed by atoms with E-state index in [1.807, 2.05) is 13.8 Å². The summed E-state index contributed by atoms with van der Waals surface area (Å²) >= 11 is 0. The lowest BCUT2D eigenvalue weighted by Gasteiger charge is -2.29. The summed E-state index contributed by atoms with van der Waals surface area (Å²) < 4.78 is 17.0. The molecule has 6 heteroatoms. The fourth-order valence-electron chi connectivity index (χ4n) is 3.42. The SMILES string of the molecule is COc1c2c(c(CNC(=O)CC(C)C)c3c1OCO3)CCN(C)C2. The van der Waals surface area contributed by atoms with Crippen molar-refractivity contribution in [2.75, 3.05) is 27.5 Å². The lowest BCUT2D eigenvalue weighted by molar-refractivity contribution is -0.121. The Labute approximate surface area is 143 Å². The van der Waals surface area contributed by atoms with E-state index in [1.165, 1.54) is 5.56 Å². The van der Waals surface area contributed by atoms with Crippen molar-refractivity contribution in [1.82, 2.24) is 10.2 Å². The minimum atomic E-state index is 0.0650. The van der Waals surface area contributed by atoms with Gasteiger partial charge in [0.2, 0.25) is 18.4 Å². The molecule has 2 heterocycles. The summed E-state index contributed by atoms with van der Waals surface area (Å²) in [7, 11) is 3.76. The van der Waals surface area contributed by atoms with Crippen LogP contribution in [-0.4, -0.2) is 38.3 Å². The maximum Gasteiger partial charge on any atom is 0.231 e. The Hall–Kier alpha value is -1.95. The minimum absolute atomic E-state index is 0.0650. The van der Waals surface area contributed by atoms with E-state index in [0.717, 1.165) is 42.1 Å². The second kappa shape index (κ2) is 6.89. The number of methoxy groups -OCH3 is 1. The fraction of sp³-hybridized carbons (Fsp3) is 0.611. The van der Waals surface area contributed by atoms with Crippen LogP contribution in [0.25, 0.3) is 0 Å². The molecule has 24 heavy (non-hydrogen) atoms. The fourth-order valence-corrected chi connectivity index (χ4v) is 3.42. The molecule has 1 aromatic rings. The van der Waals surface area contributed by atoms with Crippen LogP contribution >= 0.6 is 0 Å². The number of nitrogens with zero attached hydrogens (tertiary/aromatic N) is 1. The zero-order chi connectivity index (χ0) is 17.3. The summed E-state index contributed by atoms with van der Waals surface area (Å²) in [4.78, 5) is 14.3. The number of ether oxygens (including phenoxy) is 3. The summed E-state index contributed by atoms with van der Waals surface area (Å²) in [5, 5.41) is 3.03. The molecule has 0 saturated carbocycles. The Morgan fingerprint density at radius 1 is 1.29 bits per heavy atom. The van der Waals surface area contributed by atoms with Gasteiger partial charge in [-0.3, -0.25) is 4.79 Å². The molecule has 0 unspecified atom stereocenters. The zero-order valence-corrected chi connectivity index (χ0v) is 14.9. The molecule has 0 atom stereocenters.